The number of carboxylic acid groups (broad SMARTS) is 1. The summed E-state index contributed by atoms with van der Waals surface area (Å²) >= 11 is 0. The molecule has 1 aromatic carbocycles. The third kappa shape index (κ3) is 4.51. The third-order valence-electron chi connectivity index (χ3n) is 3.95. The van der Waals surface area contributed by atoms with Crippen LogP contribution in [0.5, 0.6) is 11.6 Å². The Morgan fingerprint density at radius 2 is 1.82 bits per heavy atom. The van der Waals surface area contributed by atoms with E-state index in [1.165, 1.54) is 12.1 Å². The molecule has 2 heterocycles. The van der Waals surface area contributed by atoms with Gasteiger partial charge in [-0.05, 0) is 30.2 Å². The van der Waals surface area contributed by atoms with Crippen molar-refractivity contribution in [2.45, 2.75) is 18.9 Å². The molecule has 0 bridgehead atoms. The number of amides is 1. The Morgan fingerprint density at radius 1 is 1.11 bits per heavy atom. The molecule has 0 spiro atoms. The van der Waals surface area contributed by atoms with Crippen molar-refractivity contribution in [3.63, 3.8) is 0 Å². The molecule has 1 amide bonds. The van der Waals surface area contributed by atoms with E-state index in [4.69, 9.17) is 14.6 Å². The van der Waals surface area contributed by atoms with Gasteiger partial charge in [0.2, 0.25) is 0 Å². The SMILES string of the molecule is O=C(O)CC(Cc1cc(F)c(F)cc1F)NC(=O)c1ccc2c(n1)OCCO2. The highest BCUT2D eigenvalue weighted by atomic mass is 19.2. The highest BCUT2D eigenvalue weighted by molar-refractivity contribution is 5.93. The molecule has 0 saturated carbocycles. The van der Waals surface area contributed by atoms with Gasteiger partial charge >= 0.3 is 5.97 Å². The van der Waals surface area contributed by atoms with Crippen LogP contribution in [0, 0.1) is 17.5 Å². The summed E-state index contributed by atoms with van der Waals surface area (Å²) in [5, 5.41) is 11.5. The maximum Gasteiger partial charge on any atom is 0.305 e. The lowest BCUT2D eigenvalue weighted by Gasteiger charge is -2.19. The van der Waals surface area contributed by atoms with Crippen LogP contribution in [0.1, 0.15) is 22.5 Å². The second-order valence-electron chi connectivity index (χ2n) is 6.03. The van der Waals surface area contributed by atoms with Crippen LogP contribution in [-0.4, -0.2) is 41.2 Å². The van der Waals surface area contributed by atoms with E-state index in [1.807, 2.05) is 0 Å². The molecule has 0 saturated heterocycles. The summed E-state index contributed by atoms with van der Waals surface area (Å²) in [6.07, 6.45) is -0.916. The normalized spacial score (nSPS) is 13.7. The van der Waals surface area contributed by atoms with E-state index in [9.17, 15) is 22.8 Å². The Labute approximate surface area is 157 Å². The fourth-order valence-electron chi connectivity index (χ4n) is 2.69. The number of aromatic nitrogens is 1. The molecule has 1 aliphatic heterocycles. The fraction of sp³-hybridized carbons (Fsp3) is 0.278. The number of ether oxygens (including phenoxy) is 2. The van der Waals surface area contributed by atoms with Crippen molar-refractivity contribution in [2.75, 3.05) is 13.2 Å². The van der Waals surface area contributed by atoms with Crippen molar-refractivity contribution in [3.8, 4) is 11.6 Å². The van der Waals surface area contributed by atoms with E-state index in [0.29, 0.717) is 24.5 Å². The highest BCUT2D eigenvalue weighted by Crippen LogP contribution is 2.27. The zero-order valence-electron chi connectivity index (χ0n) is 14.4. The van der Waals surface area contributed by atoms with E-state index in [-0.39, 0.29) is 30.2 Å². The number of rotatable bonds is 6. The first-order valence-electron chi connectivity index (χ1n) is 8.26. The van der Waals surface area contributed by atoms with Gasteiger partial charge in [-0.2, -0.15) is 0 Å². The van der Waals surface area contributed by atoms with Gasteiger partial charge in [0.05, 0.1) is 6.42 Å². The number of carboxylic acids is 1. The number of fused-ring (bicyclic) bond motifs is 1. The van der Waals surface area contributed by atoms with Crippen molar-refractivity contribution in [3.05, 3.63) is 53.0 Å². The summed E-state index contributed by atoms with van der Waals surface area (Å²) in [6.45, 7) is 0.614. The van der Waals surface area contributed by atoms with Gasteiger partial charge in [-0.1, -0.05) is 0 Å². The lowest BCUT2D eigenvalue weighted by atomic mass is 10.0. The molecule has 0 radical (unpaired) electrons. The van der Waals surface area contributed by atoms with Crippen molar-refractivity contribution in [1.29, 1.82) is 0 Å². The largest absolute Gasteiger partial charge is 0.484 e. The Morgan fingerprint density at radius 3 is 2.57 bits per heavy atom. The number of carbonyl (C=O) groups is 2. The van der Waals surface area contributed by atoms with Crippen LogP contribution in [0.25, 0.3) is 0 Å². The molecular weight excluding hydrogens is 381 g/mol. The van der Waals surface area contributed by atoms with Gasteiger partial charge in [-0.3, -0.25) is 9.59 Å². The number of aliphatic carboxylic acids is 1. The summed E-state index contributed by atoms with van der Waals surface area (Å²) in [5.41, 5.74) is -0.328. The quantitative estimate of drug-likeness (QED) is 0.726. The molecule has 1 aliphatic rings. The Balaban J connectivity index is 1.78. The summed E-state index contributed by atoms with van der Waals surface area (Å²) in [4.78, 5) is 27.5. The molecule has 148 valence electrons. The van der Waals surface area contributed by atoms with Crippen molar-refractivity contribution in [2.24, 2.45) is 0 Å². The number of benzene rings is 1. The number of carbonyl (C=O) groups excluding carboxylic acids is 1. The molecular formula is C18H15F3N2O5. The zero-order valence-corrected chi connectivity index (χ0v) is 14.4. The fourth-order valence-corrected chi connectivity index (χ4v) is 2.69. The minimum absolute atomic E-state index is 0.0644. The van der Waals surface area contributed by atoms with Gasteiger partial charge < -0.3 is 19.9 Å². The highest BCUT2D eigenvalue weighted by Gasteiger charge is 2.22. The number of halogens is 3. The molecule has 28 heavy (non-hydrogen) atoms. The van der Waals surface area contributed by atoms with E-state index in [1.54, 1.807) is 0 Å². The van der Waals surface area contributed by atoms with E-state index in [2.05, 4.69) is 10.3 Å². The molecule has 2 aromatic rings. The van der Waals surface area contributed by atoms with Crippen LogP contribution in [0.15, 0.2) is 24.3 Å². The minimum Gasteiger partial charge on any atom is -0.484 e. The topological polar surface area (TPSA) is 97.8 Å². The van der Waals surface area contributed by atoms with Crippen LogP contribution in [0.2, 0.25) is 0 Å². The molecule has 0 aliphatic carbocycles. The molecule has 10 heteroatoms. The van der Waals surface area contributed by atoms with Crippen LogP contribution in [-0.2, 0) is 11.2 Å². The molecule has 2 N–H and O–H groups in total. The molecule has 7 nitrogen and oxygen atoms in total. The number of hydrogen-bond acceptors (Lipinski definition) is 5. The monoisotopic (exact) mass is 396 g/mol. The predicted octanol–water partition coefficient (Wildman–Crippen LogP) is 2.09. The number of hydrogen-bond donors (Lipinski definition) is 2. The van der Waals surface area contributed by atoms with Gasteiger partial charge in [0.1, 0.15) is 24.7 Å². The number of pyridine rings is 1. The second kappa shape index (κ2) is 8.15. The number of nitrogens with one attached hydrogen (secondary N) is 1. The first-order chi connectivity index (χ1) is 13.3. The summed E-state index contributed by atoms with van der Waals surface area (Å²) in [7, 11) is 0. The standard InChI is InChI=1S/C18H15F3N2O5/c19-11-8-13(21)12(20)6-9(11)5-10(7-16(24)25)22-17(26)14-1-2-15-18(23-14)28-4-3-27-15/h1-2,6,8,10H,3-5,7H2,(H,22,26)(H,24,25). The zero-order chi connectivity index (χ0) is 20.3. The minimum atomic E-state index is -1.36. The van der Waals surface area contributed by atoms with Crippen LogP contribution in [0.3, 0.4) is 0 Å². The second-order valence-corrected chi connectivity index (χ2v) is 6.03. The average Bonchev–Trinajstić information content (AvgIpc) is 2.65. The maximum atomic E-state index is 13.9. The summed E-state index contributed by atoms with van der Waals surface area (Å²) < 4.78 is 50.9. The Kier molecular flexibility index (Phi) is 5.67. The number of nitrogens with zero attached hydrogens (tertiary/aromatic N) is 1. The van der Waals surface area contributed by atoms with E-state index < -0.39 is 41.8 Å². The van der Waals surface area contributed by atoms with Crippen LogP contribution < -0.4 is 14.8 Å². The van der Waals surface area contributed by atoms with E-state index in [0.717, 1.165) is 0 Å². The van der Waals surface area contributed by atoms with Crippen molar-refractivity contribution in [1.82, 2.24) is 10.3 Å². The molecule has 1 aromatic heterocycles. The van der Waals surface area contributed by atoms with Crippen molar-refractivity contribution < 1.29 is 37.3 Å². The predicted molar refractivity (Wildman–Crippen MR) is 88.8 cm³/mol. The summed E-state index contributed by atoms with van der Waals surface area (Å²) in [5.74, 6) is -5.17. The first-order valence-corrected chi connectivity index (χ1v) is 8.26. The smallest absolute Gasteiger partial charge is 0.305 e. The van der Waals surface area contributed by atoms with Crippen molar-refractivity contribution >= 4 is 11.9 Å². The maximum absolute atomic E-state index is 13.9. The Hall–Kier alpha value is -3.30. The third-order valence-corrected chi connectivity index (χ3v) is 3.95. The van der Waals surface area contributed by atoms with Gasteiger partial charge in [-0.25, -0.2) is 18.2 Å². The molecule has 3 rings (SSSR count). The Bertz CT molecular complexity index is 922. The summed E-state index contributed by atoms with van der Waals surface area (Å²) in [6, 6.07) is 2.76. The van der Waals surface area contributed by atoms with Gasteiger partial charge in [-0.15, -0.1) is 0 Å². The van der Waals surface area contributed by atoms with Crippen LogP contribution in [0.4, 0.5) is 13.2 Å². The molecule has 1 atom stereocenters. The lowest BCUT2D eigenvalue weighted by Crippen LogP contribution is -2.38. The van der Waals surface area contributed by atoms with Gasteiger partial charge in [0.25, 0.3) is 11.8 Å². The van der Waals surface area contributed by atoms with E-state index >= 15 is 0 Å². The lowest BCUT2D eigenvalue weighted by molar-refractivity contribution is -0.137. The van der Waals surface area contributed by atoms with Gasteiger partial charge in [0.15, 0.2) is 17.4 Å². The average molecular weight is 396 g/mol. The molecule has 0 fully saturated rings. The van der Waals surface area contributed by atoms with Gasteiger partial charge in [0, 0.05) is 12.1 Å². The first kappa shape index (κ1) is 19.5. The van der Waals surface area contributed by atoms with Crippen LogP contribution >= 0.6 is 0 Å². The molecule has 1 unspecified atom stereocenters.